The molecule has 3 aromatic carbocycles. The lowest BCUT2D eigenvalue weighted by Gasteiger charge is -2.33. The molecule has 1 atom stereocenters. The van der Waals surface area contributed by atoms with Crippen LogP contribution in [0.2, 0.25) is 0 Å². The summed E-state index contributed by atoms with van der Waals surface area (Å²) in [5, 5.41) is 21.9. The molecule has 1 unspecified atom stereocenters. The van der Waals surface area contributed by atoms with Crippen LogP contribution in [0.3, 0.4) is 0 Å². The minimum Gasteiger partial charge on any atom is -0.490 e. The highest BCUT2D eigenvalue weighted by atomic mass is 16.5. The van der Waals surface area contributed by atoms with Crippen molar-refractivity contribution in [3.8, 4) is 11.8 Å². The fourth-order valence-electron chi connectivity index (χ4n) is 4.03. The number of methoxy groups -OCH3 is 1. The van der Waals surface area contributed by atoms with Gasteiger partial charge in [0.2, 0.25) is 0 Å². The van der Waals surface area contributed by atoms with Gasteiger partial charge in [0.15, 0.2) is 0 Å². The van der Waals surface area contributed by atoms with Gasteiger partial charge in [-0.2, -0.15) is 5.26 Å². The fraction of sp³-hybridized carbons (Fsp3) is 0.231. The normalized spacial score (nSPS) is 13.4. The van der Waals surface area contributed by atoms with E-state index in [1.807, 2.05) is 54.6 Å². The molecule has 0 saturated heterocycles. The van der Waals surface area contributed by atoms with Crippen LogP contribution in [-0.2, 0) is 9.53 Å². The van der Waals surface area contributed by atoms with Crippen molar-refractivity contribution in [3.05, 3.63) is 77.9 Å². The summed E-state index contributed by atoms with van der Waals surface area (Å²) in [6.07, 6.45) is -0.0239. The van der Waals surface area contributed by atoms with Crippen molar-refractivity contribution in [1.29, 1.82) is 5.26 Å². The van der Waals surface area contributed by atoms with Crippen LogP contribution in [0.25, 0.3) is 0 Å². The van der Waals surface area contributed by atoms with Crippen molar-refractivity contribution in [2.75, 3.05) is 37.1 Å². The number of carbonyl (C=O) groups is 1. The first kappa shape index (κ1) is 22.2. The summed E-state index contributed by atoms with van der Waals surface area (Å²) in [5.41, 5.74) is 5.04. The third-order valence-corrected chi connectivity index (χ3v) is 5.59. The standard InChI is InChI=1S/C26H25N3O4/c1-32-17-20(15-26(30)31)19-8-11-23(29-12-13-33-25-5-3-2-4-24(25)29)22(14-19)28-21-9-6-18(16-27)7-10-21/h2-11,14,20,28H,12-13,15,17H2,1H3,(H,30,31). The van der Waals surface area contributed by atoms with Gasteiger partial charge in [-0.05, 0) is 54.1 Å². The van der Waals surface area contributed by atoms with E-state index in [1.165, 1.54) is 0 Å². The summed E-state index contributed by atoms with van der Waals surface area (Å²) in [5.74, 6) is -0.329. The van der Waals surface area contributed by atoms with Crippen LogP contribution in [0.15, 0.2) is 66.7 Å². The summed E-state index contributed by atoms with van der Waals surface area (Å²) < 4.78 is 11.1. The van der Waals surface area contributed by atoms with Crippen molar-refractivity contribution >= 4 is 28.7 Å². The Bertz CT molecular complexity index is 1170. The maximum absolute atomic E-state index is 11.4. The van der Waals surface area contributed by atoms with Gasteiger partial charge in [-0.3, -0.25) is 4.79 Å². The molecule has 1 aliphatic heterocycles. The lowest BCUT2D eigenvalue weighted by Crippen LogP contribution is -2.29. The molecule has 168 valence electrons. The van der Waals surface area contributed by atoms with E-state index < -0.39 is 5.97 Å². The molecule has 33 heavy (non-hydrogen) atoms. The van der Waals surface area contributed by atoms with Crippen LogP contribution < -0.4 is 15.0 Å². The van der Waals surface area contributed by atoms with E-state index in [-0.39, 0.29) is 12.3 Å². The summed E-state index contributed by atoms with van der Waals surface area (Å²) in [6.45, 7) is 1.54. The van der Waals surface area contributed by atoms with Gasteiger partial charge in [0.05, 0.1) is 48.3 Å². The number of carboxylic acids is 1. The maximum Gasteiger partial charge on any atom is 0.304 e. The zero-order chi connectivity index (χ0) is 23.2. The van der Waals surface area contributed by atoms with Gasteiger partial charge < -0.3 is 24.8 Å². The van der Waals surface area contributed by atoms with Crippen molar-refractivity contribution in [2.45, 2.75) is 12.3 Å². The molecule has 7 heteroatoms. The Hall–Kier alpha value is -4.02. The van der Waals surface area contributed by atoms with Gasteiger partial charge >= 0.3 is 5.97 Å². The van der Waals surface area contributed by atoms with Crippen molar-refractivity contribution < 1.29 is 19.4 Å². The van der Waals surface area contributed by atoms with E-state index in [9.17, 15) is 9.90 Å². The number of nitrogens with one attached hydrogen (secondary N) is 1. The first-order valence-corrected chi connectivity index (χ1v) is 10.7. The molecule has 0 aliphatic carbocycles. The van der Waals surface area contributed by atoms with Gasteiger partial charge in [-0.15, -0.1) is 0 Å². The number of fused-ring (bicyclic) bond motifs is 1. The number of aliphatic carboxylic acids is 1. The summed E-state index contributed by atoms with van der Waals surface area (Å²) in [4.78, 5) is 13.6. The van der Waals surface area contributed by atoms with Crippen LogP contribution in [0.4, 0.5) is 22.7 Å². The Labute approximate surface area is 192 Å². The summed E-state index contributed by atoms with van der Waals surface area (Å²) in [6, 6.07) is 23.2. The first-order valence-electron chi connectivity index (χ1n) is 10.7. The predicted octanol–water partition coefficient (Wildman–Crippen LogP) is 5.04. The van der Waals surface area contributed by atoms with E-state index in [2.05, 4.69) is 16.3 Å². The molecule has 3 aromatic rings. The Morgan fingerprint density at radius 3 is 2.70 bits per heavy atom. The Kier molecular flexibility index (Phi) is 6.77. The van der Waals surface area contributed by atoms with Crippen LogP contribution in [0.1, 0.15) is 23.5 Å². The van der Waals surface area contributed by atoms with E-state index in [0.29, 0.717) is 25.3 Å². The monoisotopic (exact) mass is 443 g/mol. The molecule has 1 heterocycles. The average molecular weight is 444 g/mol. The summed E-state index contributed by atoms with van der Waals surface area (Å²) >= 11 is 0. The zero-order valence-corrected chi connectivity index (χ0v) is 18.3. The minimum absolute atomic E-state index is 0.0239. The van der Waals surface area contributed by atoms with Crippen LogP contribution in [0, 0.1) is 11.3 Å². The number of rotatable bonds is 8. The number of hydrogen-bond acceptors (Lipinski definition) is 6. The number of nitrogens with zero attached hydrogens (tertiary/aromatic N) is 2. The van der Waals surface area contributed by atoms with E-state index in [4.69, 9.17) is 14.7 Å². The molecule has 7 nitrogen and oxygen atoms in total. The quantitative estimate of drug-likeness (QED) is 0.504. The first-order chi connectivity index (χ1) is 16.1. The van der Waals surface area contributed by atoms with Gasteiger partial charge in [0.25, 0.3) is 0 Å². The number of anilines is 4. The fourth-order valence-corrected chi connectivity index (χ4v) is 4.03. The Morgan fingerprint density at radius 2 is 1.97 bits per heavy atom. The molecule has 1 aliphatic rings. The Morgan fingerprint density at radius 1 is 1.18 bits per heavy atom. The molecule has 0 saturated carbocycles. The van der Waals surface area contributed by atoms with Crippen molar-refractivity contribution in [1.82, 2.24) is 0 Å². The van der Waals surface area contributed by atoms with Gasteiger partial charge in [-0.1, -0.05) is 18.2 Å². The summed E-state index contributed by atoms with van der Waals surface area (Å²) in [7, 11) is 1.57. The predicted molar refractivity (Wildman–Crippen MR) is 127 cm³/mol. The third-order valence-electron chi connectivity index (χ3n) is 5.59. The van der Waals surface area contributed by atoms with E-state index in [0.717, 1.165) is 34.1 Å². The highest BCUT2D eigenvalue weighted by Gasteiger charge is 2.23. The number of hydrogen-bond donors (Lipinski definition) is 2. The molecule has 0 aromatic heterocycles. The van der Waals surface area contributed by atoms with Crippen molar-refractivity contribution in [3.63, 3.8) is 0 Å². The molecular formula is C26H25N3O4. The number of nitriles is 1. The van der Waals surface area contributed by atoms with Crippen LogP contribution in [0.5, 0.6) is 5.75 Å². The number of carboxylic acid groups (broad SMARTS) is 1. The number of para-hydroxylation sites is 2. The molecule has 4 rings (SSSR count). The molecular weight excluding hydrogens is 418 g/mol. The minimum atomic E-state index is -0.871. The van der Waals surface area contributed by atoms with Crippen molar-refractivity contribution in [2.24, 2.45) is 0 Å². The maximum atomic E-state index is 11.4. The highest BCUT2D eigenvalue weighted by molar-refractivity contribution is 5.83. The molecule has 0 spiro atoms. The topological polar surface area (TPSA) is 94.8 Å². The number of ether oxygens (including phenoxy) is 2. The zero-order valence-electron chi connectivity index (χ0n) is 18.3. The third kappa shape index (κ3) is 5.08. The molecule has 0 bridgehead atoms. The molecule has 0 amide bonds. The lowest BCUT2D eigenvalue weighted by molar-refractivity contribution is -0.137. The van der Waals surface area contributed by atoms with Gasteiger partial charge in [0, 0.05) is 18.7 Å². The lowest BCUT2D eigenvalue weighted by atomic mass is 9.95. The second-order valence-corrected chi connectivity index (χ2v) is 7.81. The second kappa shape index (κ2) is 10.1. The highest BCUT2D eigenvalue weighted by Crippen LogP contribution is 2.41. The molecule has 0 fully saturated rings. The largest absolute Gasteiger partial charge is 0.490 e. The Balaban J connectivity index is 1.77. The van der Waals surface area contributed by atoms with Gasteiger partial charge in [0.1, 0.15) is 12.4 Å². The molecule has 2 N–H and O–H groups in total. The van der Waals surface area contributed by atoms with Crippen LogP contribution >= 0.6 is 0 Å². The van der Waals surface area contributed by atoms with E-state index >= 15 is 0 Å². The second-order valence-electron chi connectivity index (χ2n) is 7.81. The SMILES string of the molecule is COCC(CC(=O)O)c1ccc(N2CCOc3ccccc32)c(Nc2ccc(C#N)cc2)c1. The molecule has 0 radical (unpaired) electrons. The van der Waals surface area contributed by atoms with E-state index in [1.54, 1.807) is 19.2 Å². The average Bonchev–Trinajstić information content (AvgIpc) is 2.84. The smallest absolute Gasteiger partial charge is 0.304 e. The number of benzene rings is 3. The van der Waals surface area contributed by atoms with Gasteiger partial charge in [-0.25, -0.2) is 0 Å². The van der Waals surface area contributed by atoms with Crippen LogP contribution in [-0.4, -0.2) is 37.9 Å².